The molecule has 0 aromatic carbocycles. The zero-order chi connectivity index (χ0) is 15.4. The Hall–Kier alpha value is -1.34. The molecule has 1 aliphatic rings. The molecule has 1 aromatic heterocycles. The van der Waals surface area contributed by atoms with Crippen molar-refractivity contribution in [1.29, 1.82) is 5.26 Å². The third-order valence-corrected chi connectivity index (χ3v) is 5.15. The fourth-order valence-electron chi connectivity index (χ4n) is 2.60. The van der Waals surface area contributed by atoms with Crippen LogP contribution in [-0.2, 0) is 4.79 Å². The van der Waals surface area contributed by atoms with Gasteiger partial charge in [-0.2, -0.15) is 5.26 Å². The first-order valence-corrected chi connectivity index (χ1v) is 8.56. The highest BCUT2D eigenvalue weighted by Gasteiger charge is 2.46. The van der Waals surface area contributed by atoms with E-state index in [9.17, 15) is 4.79 Å². The minimum atomic E-state index is 0.147. The molecule has 1 heterocycles. The fraction of sp³-hybridized carbons (Fsp3) is 0.647. The minimum Gasteiger partial charge on any atom is -0.341 e. The molecule has 0 radical (unpaired) electrons. The highest BCUT2D eigenvalue weighted by Crippen LogP contribution is 2.50. The van der Waals surface area contributed by atoms with Crippen LogP contribution in [0.25, 0.3) is 0 Å². The summed E-state index contributed by atoms with van der Waals surface area (Å²) < 4.78 is 0. The second-order valence-corrected chi connectivity index (χ2v) is 7.63. The van der Waals surface area contributed by atoms with E-state index in [1.165, 1.54) is 9.75 Å². The highest BCUT2D eigenvalue weighted by molar-refractivity contribution is 7.12. The first-order chi connectivity index (χ1) is 10.0. The van der Waals surface area contributed by atoms with Gasteiger partial charge in [-0.05, 0) is 37.8 Å². The van der Waals surface area contributed by atoms with Crippen molar-refractivity contribution in [2.24, 2.45) is 11.8 Å². The second kappa shape index (κ2) is 7.09. The summed E-state index contributed by atoms with van der Waals surface area (Å²) in [6.07, 6.45) is 2.41. The molecule has 21 heavy (non-hydrogen) atoms. The van der Waals surface area contributed by atoms with Crippen molar-refractivity contribution in [2.45, 2.75) is 46.0 Å². The van der Waals surface area contributed by atoms with Crippen LogP contribution in [-0.4, -0.2) is 23.9 Å². The van der Waals surface area contributed by atoms with Crippen LogP contribution in [0.5, 0.6) is 0 Å². The van der Waals surface area contributed by atoms with Gasteiger partial charge in [0.15, 0.2) is 0 Å². The van der Waals surface area contributed by atoms with Crippen molar-refractivity contribution in [3.63, 3.8) is 0 Å². The lowest BCUT2D eigenvalue weighted by Crippen LogP contribution is -2.34. The second-order valence-electron chi connectivity index (χ2n) is 6.31. The van der Waals surface area contributed by atoms with Gasteiger partial charge in [-0.1, -0.05) is 13.8 Å². The Labute approximate surface area is 131 Å². The molecule has 4 heteroatoms. The summed E-state index contributed by atoms with van der Waals surface area (Å²) in [5.74, 6) is 1.40. The fourth-order valence-corrected chi connectivity index (χ4v) is 3.66. The van der Waals surface area contributed by atoms with Gasteiger partial charge >= 0.3 is 0 Å². The zero-order valence-electron chi connectivity index (χ0n) is 13.1. The Morgan fingerprint density at radius 1 is 1.48 bits per heavy atom. The van der Waals surface area contributed by atoms with Crippen molar-refractivity contribution in [1.82, 2.24) is 4.90 Å². The van der Waals surface area contributed by atoms with Gasteiger partial charge in [0.25, 0.3) is 0 Å². The van der Waals surface area contributed by atoms with Gasteiger partial charge in [-0.25, -0.2) is 0 Å². The van der Waals surface area contributed by atoms with Gasteiger partial charge in [-0.15, -0.1) is 11.3 Å². The van der Waals surface area contributed by atoms with Crippen LogP contribution in [0.1, 0.15) is 48.8 Å². The molecule has 1 amide bonds. The smallest absolute Gasteiger partial charge is 0.226 e. The zero-order valence-corrected chi connectivity index (χ0v) is 13.9. The minimum absolute atomic E-state index is 0.147. The van der Waals surface area contributed by atoms with E-state index in [-0.39, 0.29) is 11.8 Å². The van der Waals surface area contributed by atoms with E-state index in [2.05, 4.69) is 39.0 Å². The van der Waals surface area contributed by atoms with Crippen molar-refractivity contribution >= 4 is 17.2 Å². The molecular weight excluding hydrogens is 280 g/mol. The van der Waals surface area contributed by atoms with Crippen LogP contribution in [0.3, 0.4) is 0 Å². The molecule has 1 fully saturated rings. The molecule has 1 aromatic rings. The van der Waals surface area contributed by atoms with E-state index < -0.39 is 0 Å². The number of thiophene rings is 1. The molecule has 0 aliphatic heterocycles. The van der Waals surface area contributed by atoms with Crippen LogP contribution in [0.4, 0.5) is 0 Å². The lowest BCUT2D eigenvalue weighted by molar-refractivity contribution is -0.132. The summed E-state index contributed by atoms with van der Waals surface area (Å²) in [4.78, 5) is 17.2. The molecule has 2 atom stereocenters. The summed E-state index contributed by atoms with van der Waals surface area (Å²) in [6.45, 7) is 7.80. The SMILES string of the molecule is Cc1ccc(C2CC2C(=O)N(CCC#N)CCC(C)C)s1. The normalized spacial score (nSPS) is 20.3. The molecule has 3 nitrogen and oxygen atoms in total. The van der Waals surface area contributed by atoms with Gasteiger partial charge in [0.1, 0.15) is 0 Å². The Bertz CT molecular complexity index is 529. The number of amides is 1. The summed E-state index contributed by atoms with van der Waals surface area (Å²) in [5.41, 5.74) is 0. The van der Waals surface area contributed by atoms with E-state index in [1.807, 2.05) is 4.90 Å². The predicted molar refractivity (Wildman–Crippen MR) is 86.2 cm³/mol. The lowest BCUT2D eigenvalue weighted by atomic mass is 10.1. The van der Waals surface area contributed by atoms with E-state index in [0.717, 1.165) is 19.4 Å². The van der Waals surface area contributed by atoms with Crippen LogP contribution < -0.4 is 0 Å². The molecule has 0 bridgehead atoms. The van der Waals surface area contributed by atoms with Crippen molar-refractivity contribution in [3.05, 3.63) is 21.9 Å². The van der Waals surface area contributed by atoms with Gasteiger partial charge < -0.3 is 4.90 Å². The van der Waals surface area contributed by atoms with E-state index in [4.69, 9.17) is 5.26 Å². The number of nitriles is 1. The summed E-state index contributed by atoms with van der Waals surface area (Å²) in [6, 6.07) is 6.44. The number of hydrogen-bond donors (Lipinski definition) is 0. The first kappa shape index (κ1) is 16.0. The molecule has 0 N–H and O–H groups in total. The first-order valence-electron chi connectivity index (χ1n) is 7.75. The molecule has 2 unspecified atom stereocenters. The Morgan fingerprint density at radius 2 is 2.24 bits per heavy atom. The maximum absolute atomic E-state index is 12.6. The van der Waals surface area contributed by atoms with Crippen molar-refractivity contribution < 1.29 is 4.79 Å². The van der Waals surface area contributed by atoms with Crippen LogP contribution in [0.2, 0.25) is 0 Å². The molecule has 2 rings (SSSR count). The van der Waals surface area contributed by atoms with Crippen LogP contribution in [0.15, 0.2) is 12.1 Å². The van der Waals surface area contributed by atoms with Gasteiger partial charge in [0.2, 0.25) is 5.91 Å². The van der Waals surface area contributed by atoms with E-state index in [1.54, 1.807) is 11.3 Å². The monoisotopic (exact) mass is 304 g/mol. The molecule has 1 saturated carbocycles. The van der Waals surface area contributed by atoms with Gasteiger partial charge in [0.05, 0.1) is 12.5 Å². The Kier molecular flexibility index (Phi) is 5.41. The van der Waals surface area contributed by atoms with Crippen molar-refractivity contribution in [3.8, 4) is 6.07 Å². The van der Waals surface area contributed by atoms with E-state index >= 15 is 0 Å². The summed E-state index contributed by atoms with van der Waals surface area (Å²) in [7, 11) is 0. The standard InChI is InChI=1S/C17H24N2OS/c1-12(2)7-10-19(9-4-8-18)17(20)15-11-14(15)16-6-5-13(3)21-16/h5-6,12,14-15H,4,7,9-11H2,1-3H3. The molecule has 114 valence electrons. The highest BCUT2D eigenvalue weighted by atomic mass is 32.1. The third kappa shape index (κ3) is 4.31. The maximum atomic E-state index is 12.6. The quantitative estimate of drug-likeness (QED) is 0.765. The van der Waals surface area contributed by atoms with E-state index in [0.29, 0.717) is 24.8 Å². The van der Waals surface area contributed by atoms with Gasteiger partial charge in [-0.3, -0.25) is 4.79 Å². The summed E-state index contributed by atoms with van der Waals surface area (Å²) >= 11 is 1.80. The lowest BCUT2D eigenvalue weighted by Gasteiger charge is -2.22. The Balaban J connectivity index is 1.94. The van der Waals surface area contributed by atoms with Crippen LogP contribution >= 0.6 is 11.3 Å². The number of nitrogens with zero attached hydrogens (tertiary/aromatic N) is 2. The predicted octanol–water partition coefficient (Wildman–Crippen LogP) is 3.95. The Morgan fingerprint density at radius 3 is 2.81 bits per heavy atom. The number of rotatable bonds is 7. The van der Waals surface area contributed by atoms with Crippen molar-refractivity contribution in [2.75, 3.05) is 13.1 Å². The average molecular weight is 304 g/mol. The topological polar surface area (TPSA) is 44.1 Å². The number of carbonyl (C=O) groups excluding carboxylic acids is 1. The maximum Gasteiger partial charge on any atom is 0.226 e. The number of aryl methyl sites for hydroxylation is 1. The molecular formula is C17H24N2OS. The largest absolute Gasteiger partial charge is 0.341 e. The molecule has 0 saturated heterocycles. The number of carbonyl (C=O) groups is 1. The third-order valence-electron chi connectivity index (χ3n) is 4.02. The molecule has 0 spiro atoms. The number of hydrogen-bond acceptors (Lipinski definition) is 3. The summed E-state index contributed by atoms with van der Waals surface area (Å²) in [5, 5.41) is 8.78. The molecule has 1 aliphatic carbocycles. The van der Waals surface area contributed by atoms with Gasteiger partial charge in [0, 0.05) is 34.7 Å². The average Bonchev–Trinajstić information content (AvgIpc) is 3.13. The van der Waals surface area contributed by atoms with Crippen LogP contribution in [0, 0.1) is 30.1 Å².